The first-order valence-corrected chi connectivity index (χ1v) is 7.38. The van der Waals surface area contributed by atoms with E-state index in [1.165, 1.54) is 0 Å². The molecule has 4 aromatic rings. The lowest BCUT2D eigenvalue weighted by molar-refractivity contribution is 0.517. The third-order valence-electron chi connectivity index (χ3n) is 3.56. The number of pyridine rings is 2. The second-order valence-corrected chi connectivity index (χ2v) is 5.12. The second kappa shape index (κ2) is 5.96. The van der Waals surface area contributed by atoms with Gasteiger partial charge < -0.3 is 9.73 Å². The van der Waals surface area contributed by atoms with Crippen LogP contribution in [0.1, 0.15) is 5.76 Å². The van der Waals surface area contributed by atoms with Crippen molar-refractivity contribution in [1.82, 2.24) is 19.9 Å². The van der Waals surface area contributed by atoms with Crippen molar-refractivity contribution in [3.8, 4) is 11.3 Å². The summed E-state index contributed by atoms with van der Waals surface area (Å²) in [6, 6.07) is 10.9. The molecule has 0 radical (unpaired) electrons. The quantitative estimate of drug-likeness (QED) is 0.600. The maximum Gasteiger partial charge on any atom is 0.262 e. The maximum absolute atomic E-state index is 12.5. The maximum atomic E-state index is 12.5. The van der Waals surface area contributed by atoms with Gasteiger partial charge in [0.1, 0.15) is 5.76 Å². The number of hydrogen-bond donors (Lipinski definition) is 2. The molecule has 0 aliphatic heterocycles. The SMILES string of the molecule is O=c1[nH]c(NCc2ccco2)nc2nccc(-c3ccccn3)c12. The van der Waals surface area contributed by atoms with Crippen molar-refractivity contribution in [2.45, 2.75) is 6.54 Å². The lowest BCUT2D eigenvalue weighted by Gasteiger charge is -2.07. The molecule has 118 valence electrons. The molecular weight excluding hydrogens is 306 g/mol. The molecule has 0 spiro atoms. The first-order chi connectivity index (χ1) is 11.8. The highest BCUT2D eigenvalue weighted by molar-refractivity contribution is 5.90. The van der Waals surface area contributed by atoms with Gasteiger partial charge in [-0.25, -0.2) is 4.98 Å². The molecule has 7 nitrogen and oxygen atoms in total. The van der Waals surface area contributed by atoms with Gasteiger partial charge in [-0.05, 0) is 30.3 Å². The number of aromatic amines is 1. The third kappa shape index (κ3) is 2.63. The van der Waals surface area contributed by atoms with Crippen LogP contribution in [0.15, 0.2) is 64.3 Å². The van der Waals surface area contributed by atoms with E-state index in [-0.39, 0.29) is 5.56 Å². The molecule has 4 aromatic heterocycles. The number of nitrogens with zero attached hydrogens (tertiary/aromatic N) is 3. The van der Waals surface area contributed by atoms with Crippen LogP contribution >= 0.6 is 0 Å². The average Bonchev–Trinajstić information content (AvgIpc) is 3.14. The molecule has 0 unspecified atom stereocenters. The van der Waals surface area contributed by atoms with Gasteiger partial charge in [0.2, 0.25) is 5.95 Å². The van der Waals surface area contributed by atoms with Crippen molar-refractivity contribution in [2.75, 3.05) is 5.32 Å². The Labute approximate surface area is 136 Å². The molecule has 0 saturated heterocycles. The molecule has 24 heavy (non-hydrogen) atoms. The van der Waals surface area contributed by atoms with Crippen molar-refractivity contribution in [3.63, 3.8) is 0 Å². The van der Waals surface area contributed by atoms with Crippen LogP contribution in [0.4, 0.5) is 5.95 Å². The van der Waals surface area contributed by atoms with Crippen molar-refractivity contribution in [2.24, 2.45) is 0 Å². The zero-order chi connectivity index (χ0) is 16.4. The van der Waals surface area contributed by atoms with Crippen molar-refractivity contribution in [1.29, 1.82) is 0 Å². The summed E-state index contributed by atoms with van der Waals surface area (Å²) in [6.07, 6.45) is 4.89. The minimum absolute atomic E-state index is 0.268. The lowest BCUT2D eigenvalue weighted by Crippen LogP contribution is -2.14. The fourth-order valence-electron chi connectivity index (χ4n) is 2.47. The first-order valence-electron chi connectivity index (χ1n) is 7.38. The van der Waals surface area contributed by atoms with Gasteiger partial charge >= 0.3 is 0 Å². The molecule has 0 aromatic carbocycles. The molecule has 4 rings (SSSR count). The van der Waals surface area contributed by atoms with E-state index >= 15 is 0 Å². The molecule has 0 aliphatic carbocycles. The van der Waals surface area contributed by atoms with E-state index in [2.05, 4.69) is 25.3 Å². The Morgan fingerprint density at radius 1 is 1.08 bits per heavy atom. The molecule has 4 heterocycles. The smallest absolute Gasteiger partial charge is 0.262 e. The summed E-state index contributed by atoms with van der Waals surface area (Å²) in [7, 11) is 0. The van der Waals surface area contributed by atoms with Crippen molar-refractivity contribution in [3.05, 3.63) is 71.2 Å². The van der Waals surface area contributed by atoms with Gasteiger partial charge in [0.05, 0.1) is 23.9 Å². The first kappa shape index (κ1) is 14.1. The number of nitrogens with one attached hydrogen (secondary N) is 2. The van der Waals surface area contributed by atoms with Crippen LogP contribution in [0.2, 0.25) is 0 Å². The Hall–Kier alpha value is -3.48. The van der Waals surface area contributed by atoms with E-state index in [1.807, 2.05) is 24.3 Å². The number of hydrogen-bond acceptors (Lipinski definition) is 6. The predicted molar refractivity (Wildman–Crippen MR) is 89.4 cm³/mol. The summed E-state index contributed by atoms with van der Waals surface area (Å²) in [6.45, 7) is 0.418. The average molecular weight is 319 g/mol. The second-order valence-electron chi connectivity index (χ2n) is 5.12. The normalized spacial score (nSPS) is 10.8. The Morgan fingerprint density at radius 2 is 2.04 bits per heavy atom. The van der Waals surface area contributed by atoms with Gasteiger partial charge in [0.15, 0.2) is 5.65 Å². The van der Waals surface area contributed by atoms with Gasteiger partial charge in [-0.2, -0.15) is 4.98 Å². The van der Waals surface area contributed by atoms with E-state index in [9.17, 15) is 4.79 Å². The Balaban J connectivity index is 1.76. The molecule has 0 atom stereocenters. The predicted octanol–water partition coefficient (Wildman–Crippen LogP) is 2.59. The van der Waals surface area contributed by atoms with Crippen LogP contribution in [0.3, 0.4) is 0 Å². The molecule has 0 amide bonds. The Bertz CT molecular complexity index is 1030. The van der Waals surface area contributed by atoms with E-state index in [1.54, 1.807) is 30.8 Å². The number of H-pyrrole nitrogens is 1. The highest BCUT2D eigenvalue weighted by Gasteiger charge is 2.12. The van der Waals surface area contributed by atoms with E-state index in [0.29, 0.717) is 34.8 Å². The van der Waals surface area contributed by atoms with E-state index < -0.39 is 0 Å². The van der Waals surface area contributed by atoms with Gasteiger partial charge in [-0.3, -0.25) is 14.8 Å². The standard InChI is InChI=1S/C17H13N5O2/c23-16-14-12(13-5-1-2-7-18-13)6-8-19-15(14)21-17(22-16)20-10-11-4-3-9-24-11/h1-9H,10H2,(H2,19,20,21,22,23). The fraction of sp³-hybridized carbons (Fsp3) is 0.0588. The van der Waals surface area contributed by atoms with Crippen LogP contribution in [-0.4, -0.2) is 19.9 Å². The highest BCUT2D eigenvalue weighted by atomic mass is 16.3. The molecule has 2 N–H and O–H groups in total. The summed E-state index contributed by atoms with van der Waals surface area (Å²) in [5.74, 6) is 1.09. The summed E-state index contributed by atoms with van der Waals surface area (Å²) in [5, 5.41) is 3.44. The van der Waals surface area contributed by atoms with Gasteiger partial charge in [-0.15, -0.1) is 0 Å². The number of rotatable bonds is 4. The van der Waals surface area contributed by atoms with Crippen LogP contribution < -0.4 is 10.9 Å². The molecule has 0 aliphatic rings. The molecule has 0 bridgehead atoms. The molecule has 0 fully saturated rings. The van der Waals surface area contributed by atoms with Gasteiger partial charge in [-0.1, -0.05) is 6.07 Å². The Morgan fingerprint density at radius 3 is 2.83 bits per heavy atom. The van der Waals surface area contributed by atoms with Crippen LogP contribution in [0.5, 0.6) is 0 Å². The van der Waals surface area contributed by atoms with Crippen molar-refractivity contribution < 1.29 is 4.42 Å². The molecule has 0 saturated carbocycles. The minimum atomic E-state index is -0.268. The highest BCUT2D eigenvalue weighted by Crippen LogP contribution is 2.22. The van der Waals surface area contributed by atoms with Gasteiger partial charge in [0, 0.05) is 18.0 Å². The largest absolute Gasteiger partial charge is 0.467 e. The Kier molecular flexibility index (Phi) is 3.51. The van der Waals surface area contributed by atoms with Crippen molar-refractivity contribution >= 4 is 17.0 Å². The van der Waals surface area contributed by atoms with Crippen LogP contribution in [0.25, 0.3) is 22.3 Å². The van der Waals surface area contributed by atoms with Crippen LogP contribution in [0, 0.1) is 0 Å². The molecule has 7 heteroatoms. The zero-order valence-corrected chi connectivity index (χ0v) is 12.6. The third-order valence-corrected chi connectivity index (χ3v) is 3.56. The number of furan rings is 1. The lowest BCUT2D eigenvalue weighted by atomic mass is 10.1. The monoisotopic (exact) mass is 319 g/mol. The summed E-state index contributed by atoms with van der Waals surface area (Å²) in [4.78, 5) is 28.1. The van der Waals surface area contributed by atoms with Crippen LogP contribution in [-0.2, 0) is 6.54 Å². The number of fused-ring (bicyclic) bond motifs is 1. The summed E-state index contributed by atoms with van der Waals surface area (Å²) in [5.41, 5.74) is 1.50. The van der Waals surface area contributed by atoms with Gasteiger partial charge in [0.25, 0.3) is 5.56 Å². The minimum Gasteiger partial charge on any atom is -0.467 e. The number of anilines is 1. The van der Waals surface area contributed by atoms with E-state index in [0.717, 1.165) is 5.76 Å². The topological polar surface area (TPSA) is 96.7 Å². The summed E-state index contributed by atoms with van der Waals surface area (Å²) >= 11 is 0. The summed E-state index contributed by atoms with van der Waals surface area (Å²) < 4.78 is 5.24. The zero-order valence-electron chi connectivity index (χ0n) is 12.6. The van der Waals surface area contributed by atoms with E-state index in [4.69, 9.17) is 4.42 Å². The fourth-order valence-corrected chi connectivity index (χ4v) is 2.47. The number of aromatic nitrogens is 4. The molecular formula is C17H13N5O2.